The normalized spacial score (nSPS) is 16.2. The first kappa shape index (κ1) is 17.5. The minimum absolute atomic E-state index is 0.182. The Balaban J connectivity index is 1.74. The average molecular weight is 358 g/mol. The number of nitrogens with zero attached hydrogens (tertiary/aromatic N) is 1. The van der Waals surface area contributed by atoms with Crippen molar-refractivity contribution in [2.75, 3.05) is 21.9 Å². The maximum atomic E-state index is 12.4. The van der Waals surface area contributed by atoms with E-state index in [4.69, 9.17) is 0 Å². The first-order valence-electron chi connectivity index (χ1n) is 8.38. The van der Waals surface area contributed by atoms with Gasteiger partial charge in [-0.05, 0) is 54.3 Å². The summed E-state index contributed by atoms with van der Waals surface area (Å²) in [5.41, 5.74) is 3.01. The fraction of sp³-hybridized carbons (Fsp3) is 0.316. The van der Waals surface area contributed by atoms with E-state index in [0.717, 1.165) is 11.3 Å². The Kier molecular flexibility index (Phi) is 4.81. The van der Waals surface area contributed by atoms with E-state index >= 15 is 0 Å². The van der Waals surface area contributed by atoms with Crippen LogP contribution in [0.2, 0.25) is 0 Å². The highest BCUT2D eigenvalue weighted by atomic mass is 32.2. The van der Waals surface area contributed by atoms with Gasteiger partial charge >= 0.3 is 0 Å². The van der Waals surface area contributed by atoms with E-state index in [1.807, 2.05) is 24.3 Å². The lowest BCUT2D eigenvalue weighted by atomic mass is 10.0. The molecule has 6 heteroatoms. The SMILES string of the molecule is CC(C)c1cccc(NC(=O)c2ccc(N3CCCS3(=O)=O)cc2)c1. The van der Waals surface area contributed by atoms with Gasteiger partial charge < -0.3 is 5.32 Å². The van der Waals surface area contributed by atoms with Crippen molar-refractivity contribution in [1.82, 2.24) is 0 Å². The number of hydrogen-bond donors (Lipinski definition) is 1. The largest absolute Gasteiger partial charge is 0.322 e. The maximum Gasteiger partial charge on any atom is 0.255 e. The monoisotopic (exact) mass is 358 g/mol. The molecule has 1 fully saturated rings. The van der Waals surface area contributed by atoms with Gasteiger partial charge in [0.25, 0.3) is 5.91 Å². The quantitative estimate of drug-likeness (QED) is 0.908. The molecular weight excluding hydrogens is 336 g/mol. The van der Waals surface area contributed by atoms with Crippen molar-refractivity contribution in [2.24, 2.45) is 0 Å². The van der Waals surface area contributed by atoms with E-state index in [9.17, 15) is 13.2 Å². The Bertz CT molecular complexity index is 874. The number of anilines is 2. The summed E-state index contributed by atoms with van der Waals surface area (Å²) < 4.78 is 25.3. The Morgan fingerprint density at radius 2 is 1.84 bits per heavy atom. The van der Waals surface area contributed by atoms with Crippen LogP contribution in [0.4, 0.5) is 11.4 Å². The zero-order valence-electron chi connectivity index (χ0n) is 14.4. The predicted molar refractivity (Wildman–Crippen MR) is 101 cm³/mol. The van der Waals surface area contributed by atoms with Crippen molar-refractivity contribution in [2.45, 2.75) is 26.2 Å². The molecule has 0 bridgehead atoms. The summed E-state index contributed by atoms with van der Waals surface area (Å²) in [4.78, 5) is 12.4. The molecule has 1 aliphatic rings. The van der Waals surface area contributed by atoms with E-state index in [-0.39, 0.29) is 11.7 Å². The van der Waals surface area contributed by atoms with Gasteiger partial charge in [0, 0.05) is 17.8 Å². The summed E-state index contributed by atoms with van der Waals surface area (Å²) in [5.74, 6) is 0.358. The number of hydrogen-bond acceptors (Lipinski definition) is 3. The van der Waals surface area contributed by atoms with E-state index in [1.165, 1.54) is 4.31 Å². The lowest BCUT2D eigenvalue weighted by molar-refractivity contribution is 0.102. The maximum absolute atomic E-state index is 12.4. The zero-order valence-corrected chi connectivity index (χ0v) is 15.2. The van der Waals surface area contributed by atoms with Gasteiger partial charge in [-0.25, -0.2) is 8.42 Å². The lowest BCUT2D eigenvalue weighted by Gasteiger charge is -2.17. The van der Waals surface area contributed by atoms with Crippen LogP contribution in [0.1, 0.15) is 42.1 Å². The number of rotatable bonds is 4. The number of carbonyl (C=O) groups is 1. The number of nitrogens with one attached hydrogen (secondary N) is 1. The van der Waals surface area contributed by atoms with Gasteiger partial charge in [0.15, 0.2) is 0 Å². The Hall–Kier alpha value is -2.34. The van der Waals surface area contributed by atoms with Crippen molar-refractivity contribution in [3.8, 4) is 0 Å². The summed E-state index contributed by atoms with van der Waals surface area (Å²) in [6.45, 7) is 4.70. The molecule has 132 valence electrons. The Morgan fingerprint density at radius 1 is 1.12 bits per heavy atom. The Labute approximate surface area is 148 Å². The van der Waals surface area contributed by atoms with Gasteiger partial charge in [0.2, 0.25) is 10.0 Å². The van der Waals surface area contributed by atoms with Crippen molar-refractivity contribution in [1.29, 1.82) is 0 Å². The average Bonchev–Trinajstić information content (AvgIpc) is 2.94. The minimum atomic E-state index is -3.20. The number of sulfonamides is 1. The molecule has 0 atom stereocenters. The molecular formula is C19H22N2O3S. The molecule has 0 aliphatic carbocycles. The van der Waals surface area contributed by atoms with Gasteiger partial charge in [-0.1, -0.05) is 26.0 Å². The molecule has 25 heavy (non-hydrogen) atoms. The van der Waals surface area contributed by atoms with Crippen LogP contribution in [0.3, 0.4) is 0 Å². The molecule has 5 nitrogen and oxygen atoms in total. The van der Waals surface area contributed by atoms with Crippen LogP contribution in [-0.2, 0) is 10.0 Å². The third-order valence-corrected chi connectivity index (χ3v) is 6.20. The third-order valence-electron chi connectivity index (χ3n) is 4.33. The predicted octanol–water partition coefficient (Wildman–Crippen LogP) is 3.60. The Morgan fingerprint density at radius 3 is 2.44 bits per heavy atom. The summed E-state index contributed by atoms with van der Waals surface area (Å²) >= 11 is 0. The van der Waals surface area contributed by atoms with Crippen molar-refractivity contribution in [3.05, 3.63) is 59.7 Å². The van der Waals surface area contributed by atoms with Crippen LogP contribution in [0.5, 0.6) is 0 Å². The van der Waals surface area contributed by atoms with Crippen LogP contribution in [0.15, 0.2) is 48.5 Å². The number of benzene rings is 2. The van der Waals surface area contributed by atoms with Gasteiger partial charge in [-0.2, -0.15) is 0 Å². The number of carbonyl (C=O) groups excluding carboxylic acids is 1. The van der Waals surface area contributed by atoms with Crippen molar-refractivity contribution in [3.63, 3.8) is 0 Å². The second-order valence-electron chi connectivity index (χ2n) is 6.52. The fourth-order valence-corrected chi connectivity index (χ4v) is 4.45. The van der Waals surface area contributed by atoms with Gasteiger partial charge in [-0.15, -0.1) is 0 Å². The van der Waals surface area contributed by atoms with Crippen LogP contribution in [-0.4, -0.2) is 26.6 Å². The molecule has 2 aromatic carbocycles. The molecule has 1 heterocycles. The lowest BCUT2D eigenvalue weighted by Crippen LogP contribution is -2.25. The van der Waals surface area contributed by atoms with E-state index < -0.39 is 10.0 Å². The molecule has 1 amide bonds. The number of amides is 1. The van der Waals surface area contributed by atoms with Crippen molar-refractivity contribution < 1.29 is 13.2 Å². The molecule has 3 rings (SSSR count). The summed E-state index contributed by atoms with van der Waals surface area (Å²) in [6.07, 6.45) is 0.636. The van der Waals surface area contributed by atoms with E-state index in [0.29, 0.717) is 30.1 Å². The van der Waals surface area contributed by atoms with Crippen molar-refractivity contribution >= 4 is 27.3 Å². The third kappa shape index (κ3) is 3.85. The van der Waals surface area contributed by atoms with Crippen LogP contribution < -0.4 is 9.62 Å². The smallest absolute Gasteiger partial charge is 0.255 e. The highest BCUT2D eigenvalue weighted by Crippen LogP contribution is 2.24. The topological polar surface area (TPSA) is 66.5 Å². The molecule has 1 N–H and O–H groups in total. The molecule has 0 spiro atoms. The first-order chi connectivity index (χ1) is 11.9. The first-order valence-corrected chi connectivity index (χ1v) is 9.99. The molecule has 2 aromatic rings. The minimum Gasteiger partial charge on any atom is -0.322 e. The summed E-state index contributed by atoms with van der Waals surface area (Å²) in [7, 11) is -3.20. The van der Waals surface area contributed by atoms with Gasteiger partial charge in [-0.3, -0.25) is 9.10 Å². The summed E-state index contributed by atoms with van der Waals surface area (Å²) in [5, 5.41) is 2.89. The molecule has 0 aromatic heterocycles. The molecule has 0 saturated carbocycles. The highest BCUT2D eigenvalue weighted by molar-refractivity contribution is 7.93. The van der Waals surface area contributed by atoms with Crippen LogP contribution in [0.25, 0.3) is 0 Å². The standard InChI is InChI=1S/C19H22N2O3S/c1-14(2)16-5-3-6-17(13-16)20-19(22)15-7-9-18(10-8-15)21-11-4-12-25(21,23)24/h3,5-10,13-14H,4,11-12H2,1-2H3,(H,20,22). The second-order valence-corrected chi connectivity index (χ2v) is 8.54. The van der Waals surface area contributed by atoms with E-state index in [2.05, 4.69) is 19.2 Å². The molecule has 1 aliphatic heterocycles. The van der Waals surface area contributed by atoms with Gasteiger partial charge in [0.1, 0.15) is 0 Å². The molecule has 1 saturated heterocycles. The van der Waals surface area contributed by atoms with E-state index in [1.54, 1.807) is 24.3 Å². The highest BCUT2D eigenvalue weighted by Gasteiger charge is 2.28. The summed E-state index contributed by atoms with van der Waals surface area (Å²) in [6, 6.07) is 14.5. The zero-order chi connectivity index (χ0) is 18.0. The van der Waals surface area contributed by atoms with Crippen LogP contribution >= 0.6 is 0 Å². The second kappa shape index (κ2) is 6.88. The van der Waals surface area contributed by atoms with Gasteiger partial charge in [0.05, 0.1) is 11.4 Å². The van der Waals surface area contributed by atoms with Crippen LogP contribution in [0, 0.1) is 0 Å². The molecule has 0 unspecified atom stereocenters. The molecule has 0 radical (unpaired) electrons. The fourth-order valence-electron chi connectivity index (χ4n) is 2.89.